The van der Waals surface area contributed by atoms with Gasteiger partial charge in [-0.25, -0.2) is 4.98 Å². The third-order valence-corrected chi connectivity index (χ3v) is 5.33. The number of fused-ring (bicyclic) bond motifs is 1. The first kappa shape index (κ1) is 15.1. The van der Waals surface area contributed by atoms with Gasteiger partial charge in [-0.15, -0.1) is 0 Å². The molecule has 0 spiro atoms. The number of hydrogen-bond donors (Lipinski definition) is 2. The average Bonchev–Trinajstić information content (AvgIpc) is 3.12. The quantitative estimate of drug-likeness (QED) is 0.776. The molecule has 0 saturated heterocycles. The molecule has 5 nitrogen and oxygen atoms in total. The molecule has 0 atom stereocenters. The number of benzene rings is 1. The van der Waals surface area contributed by atoms with E-state index >= 15 is 0 Å². The minimum atomic E-state index is 0.626. The highest BCUT2D eigenvalue weighted by atomic mass is 15.3. The second kappa shape index (κ2) is 6.24. The maximum absolute atomic E-state index is 6.26. The highest BCUT2D eigenvalue weighted by Crippen LogP contribution is 2.36. The molecule has 2 heterocycles. The molecular weight excluding hydrogens is 298 g/mol. The molecule has 0 bridgehead atoms. The van der Waals surface area contributed by atoms with Crippen LogP contribution >= 0.6 is 0 Å². The van der Waals surface area contributed by atoms with E-state index in [1.165, 1.54) is 31.2 Å². The van der Waals surface area contributed by atoms with Gasteiger partial charge in [0.25, 0.3) is 0 Å². The molecule has 4 N–H and O–H groups in total. The van der Waals surface area contributed by atoms with Crippen LogP contribution in [0.2, 0.25) is 0 Å². The molecule has 2 aromatic heterocycles. The van der Waals surface area contributed by atoms with E-state index in [-0.39, 0.29) is 0 Å². The number of nitrogens with two attached hydrogens (primary N) is 2. The van der Waals surface area contributed by atoms with Gasteiger partial charge in [-0.05, 0) is 55.2 Å². The Labute approximate surface area is 141 Å². The Morgan fingerprint density at radius 2 is 1.79 bits per heavy atom. The van der Waals surface area contributed by atoms with E-state index in [0.717, 1.165) is 23.3 Å². The zero-order chi connectivity index (χ0) is 16.5. The van der Waals surface area contributed by atoms with Crippen LogP contribution in [0, 0.1) is 5.92 Å². The first-order valence-corrected chi connectivity index (χ1v) is 8.65. The van der Waals surface area contributed by atoms with Crippen molar-refractivity contribution < 1.29 is 0 Å². The molecule has 0 amide bonds. The van der Waals surface area contributed by atoms with Crippen LogP contribution < -0.4 is 11.5 Å². The fourth-order valence-corrected chi connectivity index (χ4v) is 3.78. The largest absolute Gasteiger partial charge is 0.383 e. The van der Waals surface area contributed by atoms with E-state index in [1.54, 1.807) is 10.7 Å². The number of rotatable bonds is 3. The van der Waals surface area contributed by atoms with Crippen LogP contribution in [0.25, 0.3) is 16.8 Å². The summed E-state index contributed by atoms with van der Waals surface area (Å²) in [7, 11) is 0. The van der Waals surface area contributed by atoms with Crippen molar-refractivity contribution in [1.29, 1.82) is 0 Å². The molecule has 0 aliphatic heterocycles. The summed E-state index contributed by atoms with van der Waals surface area (Å²) >= 11 is 0. The van der Waals surface area contributed by atoms with Crippen LogP contribution in [-0.2, 0) is 0 Å². The zero-order valence-corrected chi connectivity index (χ0v) is 13.7. The Morgan fingerprint density at radius 1 is 1.04 bits per heavy atom. The molecule has 1 aromatic carbocycles. The van der Waals surface area contributed by atoms with Gasteiger partial charge in [0.2, 0.25) is 0 Å². The van der Waals surface area contributed by atoms with E-state index in [1.807, 2.05) is 12.3 Å². The van der Waals surface area contributed by atoms with Crippen molar-refractivity contribution in [3.8, 4) is 11.1 Å². The van der Waals surface area contributed by atoms with Gasteiger partial charge in [0.05, 0.1) is 6.20 Å². The first-order valence-electron chi connectivity index (χ1n) is 8.65. The Kier molecular flexibility index (Phi) is 3.94. The number of hydrogen-bond acceptors (Lipinski definition) is 4. The van der Waals surface area contributed by atoms with Gasteiger partial charge < -0.3 is 11.5 Å². The van der Waals surface area contributed by atoms with E-state index in [4.69, 9.17) is 11.5 Å². The Hall–Kier alpha value is -2.40. The molecule has 1 fully saturated rings. The molecule has 1 aliphatic rings. The summed E-state index contributed by atoms with van der Waals surface area (Å²) in [6.07, 6.45) is 8.51. The summed E-state index contributed by atoms with van der Waals surface area (Å²) in [5, 5.41) is 4.23. The molecule has 124 valence electrons. The Morgan fingerprint density at radius 3 is 2.50 bits per heavy atom. The van der Waals surface area contributed by atoms with Crippen molar-refractivity contribution in [1.82, 2.24) is 14.6 Å². The van der Waals surface area contributed by atoms with Gasteiger partial charge in [-0.2, -0.15) is 9.61 Å². The van der Waals surface area contributed by atoms with Crippen molar-refractivity contribution in [2.45, 2.75) is 31.6 Å². The summed E-state index contributed by atoms with van der Waals surface area (Å²) in [5.41, 5.74) is 16.2. The van der Waals surface area contributed by atoms with Gasteiger partial charge in [-0.3, -0.25) is 0 Å². The summed E-state index contributed by atoms with van der Waals surface area (Å²) in [4.78, 5) is 4.42. The van der Waals surface area contributed by atoms with Crippen LogP contribution in [0.4, 0.5) is 5.82 Å². The van der Waals surface area contributed by atoms with Gasteiger partial charge in [0.1, 0.15) is 5.82 Å². The number of nitrogen functional groups attached to an aromatic ring is 1. The second-order valence-corrected chi connectivity index (χ2v) is 6.73. The van der Waals surface area contributed by atoms with Crippen molar-refractivity contribution in [3.05, 3.63) is 48.3 Å². The molecular formula is C19H23N5. The predicted octanol–water partition coefficient (Wildman–Crippen LogP) is 3.21. The minimum absolute atomic E-state index is 0.626. The predicted molar refractivity (Wildman–Crippen MR) is 96.6 cm³/mol. The smallest absolute Gasteiger partial charge is 0.157 e. The maximum atomic E-state index is 6.26. The highest BCUT2D eigenvalue weighted by Gasteiger charge is 2.21. The van der Waals surface area contributed by atoms with Crippen LogP contribution in [0.3, 0.4) is 0 Å². The van der Waals surface area contributed by atoms with Gasteiger partial charge in [0.15, 0.2) is 5.65 Å². The fourth-order valence-electron chi connectivity index (χ4n) is 3.78. The van der Waals surface area contributed by atoms with Crippen LogP contribution in [0.5, 0.6) is 0 Å². The van der Waals surface area contributed by atoms with Crippen molar-refractivity contribution >= 4 is 11.5 Å². The monoisotopic (exact) mass is 321 g/mol. The molecule has 4 rings (SSSR count). The van der Waals surface area contributed by atoms with Crippen LogP contribution in [0.1, 0.15) is 37.2 Å². The third-order valence-electron chi connectivity index (χ3n) is 5.33. The minimum Gasteiger partial charge on any atom is -0.383 e. The average molecular weight is 321 g/mol. The lowest BCUT2D eigenvalue weighted by Crippen LogP contribution is -2.20. The Bertz CT molecular complexity index is 829. The van der Waals surface area contributed by atoms with E-state index in [9.17, 15) is 0 Å². The van der Waals surface area contributed by atoms with Crippen molar-refractivity contribution in [3.63, 3.8) is 0 Å². The highest BCUT2D eigenvalue weighted by molar-refractivity contribution is 5.75. The van der Waals surface area contributed by atoms with Crippen LogP contribution in [0.15, 0.2) is 42.7 Å². The zero-order valence-electron chi connectivity index (χ0n) is 13.7. The first-order chi connectivity index (χ1) is 11.8. The van der Waals surface area contributed by atoms with E-state index < -0.39 is 0 Å². The molecule has 1 saturated carbocycles. The lowest BCUT2D eigenvalue weighted by atomic mass is 9.78. The number of anilines is 1. The molecule has 3 aromatic rings. The number of aromatic nitrogens is 3. The van der Waals surface area contributed by atoms with E-state index in [2.05, 4.69) is 34.3 Å². The fraction of sp³-hybridized carbons (Fsp3) is 0.368. The lowest BCUT2D eigenvalue weighted by molar-refractivity contribution is 0.333. The standard InChI is InChI=1S/C19H23N5/c20-11-13-1-3-14(4-2-13)15-5-7-16(8-6-15)17-12-22-18-9-10-23-24(18)19(17)21/h5-10,12-14H,1-4,11,20-21H2. The summed E-state index contributed by atoms with van der Waals surface area (Å²) < 4.78 is 1.68. The summed E-state index contributed by atoms with van der Waals surface area (Å²) in [5.74, 6) is 2.00. The molecule has 24 heavy (non-hydrogen) atoms. The molecule has 0 radical (unpaired) electrons. The number of nitrogens with zero attached hydrogens (tertiary/aromatic N) is 3. The van der Waals surface area contributed by atoms with Gasteiger partial charge in [0, 0.05) is 17.8 Å². The second-order valence-electron chi connectivity index (χ2n) is 6.73. The molecule has 5 heteroatoms. The van der Waals surface area contributed by atoms with Crippen molar-refractivity contribution in [2.24, 2.45) is 11.7 Å². The van der Waals surface area contributed by atoms with E-state index in [0.29, 0.717) is 17.7 Å². The maximum Gasteiger partial charge on any atom is 0.157 e. The molecule has 1 aliphatic carbocycles. The van der Waals surface area contributed by atoms with Crippen molar-refractivity contribution in [2.75, 3.05) is 12.3 Å². The van der Waals surface area contributed by atoms with Crippen LogP contribution in [-0.4, -0.2) is 21.1 Å². The topological polar surface area (TPSA) is 82.2 Å². The van der Waals surface area contributed by atoms with Gasteiger partial charge in [-0.1, -0.05) is 24.3 Å². The molecule has 0 unspecified atom stereocenters. The Balaban J connectivity index is 1.58. The summed E-state index contributed by atoms with van der Waals surface area (Å²) in [6.45, 7) is 0.827. The summed E-state index contributed by atoms with van der Waals surface area (Å²) in [6, 6.07) is 10.6. The van der Waals surface area contributed by atoms with Gasteiger partial charge >= 0.3 is 0 Å². The lowest BCUT2D eigenvalue weighted by Gasteiger charge is -2.28. The SMILES string of the molecule is NCC1CCC(c2ccc(-c3cnc4ccnn4c3N)cc2)CC1. The third kappa shape index (κ3) is 2.65. The normalized spacial score (nSPS) is 21.2.